The summed E-state index contributed by atoms with van der Waals surface area (Å²) in [5.41, 5.74) is 5.76. The first-order chi connectivity index (χ1) is 24.3. The molecule has 0 bridgehead atoms. The largest absolute Gasteiger partial charge is 0.497 e. The Morgan fingerprint density at radius 1 is 0.980 bits per heavy atom. The predicted molar refractivity (Wildman–Crippen MR) is 188 cm³/mol. The maximum Gasteiger partial charge on any atom is 0.255 e. The highest BCUT2D eigenvalue weighted by Gasteiger charge is 2.47. The molecule has 2 amide bonds. The Labute approximate surface area is 290 Å². The van der Waals surface area contributed by atoms with Gasteiger partial charge in [0, 0.05) is 25.2 Å². The first kappa shape index (κ1) is 32.8. The highest BCUT2D eigenvalue weighted by atomic mass is 19.1. The number of amides is 2. The number of aryl methyl sites for hydroxylation is 1. The number of likely N-dealkylation sites (N-methyl/N-ethyl adjacent to an activating group) is 1. The smallest absolute Gasteiger partial charge is 0.255 e. The van der Waals surface area contributed by atoms with Gasteiger partial charge in [-0.3, -0.25) is 14.6 Å². The Morgan fingerprint density at radius 2 is 1.76 bits per heavy atom. The normalized spacial score (nSPS) is 16.9. The third-order valence-electron chi connectivity index (χ3n) is 9.58. The summed E-state index contributed by atoms with van der Waals surface area (Å²) in [5, 5.41) is 6.03. The molecule has 0 radical (unpaired) electrons. The van der Waals surface area contributed by atoms with Crippen molar-refractivity contribution >= 4 is 11.8 Å². The average molecular weight is 672 g/mol. The van der Waals surface area contributed by atoms with Crippen molar-refractivity contribution in [1.29, 1.82) is 0 Å². The third-order valence-corrected chi connectivity index (χ3v) is 9.58. The molecule has 2 unspecified atom stereocenters. The topological polar surface area (TPSA) is 98.8 Å². The van der Waals surface area contributed by atoms with E-state index in [2.05, 4.69) is 15.6 Å². The lowest BCUT2D eigenvalue weighted by Gasteiger charge is -2.20. The Morgan fingerprint density at radius 3 is 2.44 bits per heavy atom. The molecule has 2 N–H and O–H groups in total. The molecule has 5 aromatic rings. The number of benzene rings is 4. The molecule has 1 aliphatic heterocycles. The van der Waals surface area contributed by atoms with E-state index in [9.17, 15) is 14.0 Å². The minimum Gasteiger partial charge on any atom is -0.497 e. The molecular weight excluding hydrogens is 633 g/mol. The highest BCUT2D eigenvalue weighted by Crippen LogP contribution is 2.48. The van der Waals surface area contributed by atoms with Crippen LogP contribution in [0, 0.1) is 12.7 Å². The second kappa shape index (κ2) is 13.7. The van der Waals surface area contributed by atoms with Crippen LogP contribution in [0.25, 0.3) is 11.1 Å². The lowest BCUT2D eigenvalue weighted by Crippen LogP contribution is -2.35. The summed E-state index contributed by atoms with van der Waals surface area (Å²) in [4.78, 5) is 32.0. The van der Waals surface area contributed by atoms with Gasteiger partial charge in [-0.2, -0.15) is 0 Å². The van der Waals surface area contributed by atoms with Crippen LogP contribution in [0.3, 0.4) is 0 Å². The molecule has 0 saturated heterocycles. The predicted octanol–water partition coefficient (Wildman–Crippen LogP) is 7.21. The fourth-order valence-corrected chi connectivity index (χ4v) is 6.64. The van der Waals surface area contributed by atoms with Crippen molar-refractivity contribution in [2.24, 2.45) is 0 Å². The van der Waals surface area contributed by atoms with Crippen LogP contribution in [0.5, 0.6) is 17.2 Å². The molecule has 2 atom stereocenters. The molecule has 1 aliphatic carbocycles. The van der Waals surface area contributed by atoms with E-state index in [1.165, 1.54) is 12.1 Å². The number of pyridine rings is 1. The van der Waals surface area contributed by atoms with E-state index in [-0.39, 0.29) is 17.6 Å². The van der Waals surface area contributed by atoms with Crippen molar-refractivity contribution in [3.8, 4) is 28.4 Å². The van der Waals surface area contributed by atoms with E-state index < -0.39 is 17.6 Å². The maximum atomic E-state index is 14.2. The maximum absolute atomic E-state index is 14.2. The molecule has 1 aromatic heterocycles. The lowest BCUT2D eigenvalue weighted by atomic mass is 9.88. The van der Waals surface area contributed by atoms with E-state index in [0.717, 1.165) is 46.5 Å². The summed E-state index contributed by atoms with van der Waals surface area (Å²) >= 11 is 0. The first-order valence-corrected chi connectivity index (χ1v) is 16.7. The number of carbonyl (C=O) groups is 2. The van der Waals surface area contributed by atoms with Gasteiger partial charge in [0.2, 0.25) is 5.91 Å². The molecule has 1 fully saturated rings. The number of hydrogen-bond donors (Lipinski definition) is 2. The van der Waals surface area contributed by atoms with Crippen molar-refractivity contribution in [2.75, 3.05) is 20.8 Å². The van der Waals surface area contributed by atoms with Gasteiger partial charge < -0.3 is 24.8 Å². The van der Waals surface area contributed by atoms with Crippen molar-refractivity contribution in [2.45, 2.75) is 43.7 Å². The second-order valence-electron chi connectivity index (χ2n) is 12.8. The second-order valence-corrected chi connectivity index (χ2v) is 12.8. The summed E-state index contributed by atoms with van der Waals surface area (Å²) in [6, 6.07) is 29.1. The van der Waals surface area contributed by atoms with E-state index >= 15 is 0 Å². The van der Waals surface area contributed by atoms with Crippen molar-refractivity contribution < 1.29 is 28.2 Å². The van der Waals surface area contributed by atoms with Crippen LogP contribution in [0.15, 0.2) is 103 Å². The number of nitrogens with zero attached hydrogens (tertiary/aromatic N) is 1. The fourth-order valence-electron chi connectivity index (χ4n) is 6.64. The Hall–Kier alpha value is -5.70. The molecular formula is C41H38FN3O5. The number of halogens is 1. The number of fused-ring (bicyclic) bond motifs is 1. The average Bonchev–Trinajstić information content (AvgIpc) is 3.83. The standard InChI is InChI=1S/C41H38FN3O5/c1-25-22-35(49-21-17-26-7-14-30(48-3)15-8-26)33(39(46)45-41(18-19-41)36-6-4-5-20-44-36)24-31(25)28-11-16-34-32(23-28)37(40(47)43-2)38(50-34)27-9-12-29(42)13-10-27/h4-16,20,22-24,37-38H,17-19,21H2,1-3H3,(H,43,47)(H,45,46). The van der Waals surface area contributed by atoms with Crippen molar-refractivity contribution in [3.63, 3.8) is 0 Å². The van der Waals surface area contributed by atoms with Crippen LogP contribution in [0.1, 0.15) is 63.2 Å². The van der Waals surface area contributed by atoms with Crippen LogP contribution in [0.2, 0.25) is 0 Å². The third kappa shape index (κ3) is 6.51. The zero-order chi connectivity index (χ0) is 34.8. The van der Waals surface area contributed by atoms with Gasteiger partial charge in [0.05, 0.1) is 30.5 Å². The van der Waals surface area contributed by atoms with Gasteiger partial charge in [-0.05, 0) is 108 Å². The molecule has 7 rings (SSSR count). The Balaban J connectivity index is 1.22. The molecule has 50 heavy (non-hydrogen) atoms. The minimum absolute atomic E-state index is 0.211. The summed E-state index contributed by atoms with van der Waals surface area (Å²) < 4.78 is 31.6. The molecule has 8 nitrogen and oxygen atoms in total. The molecule has 254 valence electrons. The van der Waals surface area contributed by atoms with Crippen LogP contribution in [0.4, 0.5) is 4.39 Å². The number of aromatic nitrogens is 1. The van der Waals surface area contributed by atoms with E-state index in [1.807, 2.05) is 79.7 Å². The van der Waals surface area contributed by atoms with E-state index in [4.69, 9.17) is 14.2 Å². The Kier molecular flexibility index (Phi) is 8.97. The van der Waals surface area contributed by atoms with Crippen LogP contribution >= 0.6 is 0 Å². The summed E-state index contributed by atoms with van der Waals surface area (Å²) in [6.45, 7) is 2.34. The number of nitrogens with one attached hydrogen (secondary N) is 2. The monoisotopic (exact) mass is 671 g/mol. The van der Waals surface area contributed by atoms with Crippen LogP contribution < -0.4 is 24.8 Å². The van der Waals surface area contributed by atoms with Crippen molar-refractivity contribution in [1.82, 2.24) is 15.6 Å². The summed E-state index contributed by atoms with van der Waals surface area (Å²) in [6.07, 6.45) is 3.35. The number of rotatable bonds is 11. The molecule has 0 spiro atoms. The van der Waals surface area contributed by atoms with Crippen LogP contribution in [-0.4, -0.2) is 37.6 Å². The zero-order valence-corrected chi connectivity index (χ0v) is 28.2. The molecule has 2 aliphatic rings. The zero-order valence-electron chi connectivity index (χ0n) is 28.2. The van der Waals surface area contributed by atoms with E-state index in [1.54, 1.807) is 32.5 Å². The fraction of sp³-hybridized carbons (Fsp3) is 0.244. The van der Waals surface area contributed by atoms with Gasteiger partial charge in [-0.15, -0.1) is 0 Å². The van der Waals surface area contributed by atoms with Crippen LogP contribution in [-0.2, 0) is 16.8 Å². The van der Waals surface area contributed by atoms with Gasteiger partial charge in [-0.1, -0.05) is 36.4 Å². The molecule has 2 heterocycles. The molecule has 9 heteroatoms. The summed E-state index contributed by atoms with van der Waals surface area (Å²) in [5.74, 6) is 0.369. The van der Waals surface area contributed by atoms with Gasteiger partial charge in [-0.25, -0.2) is 4.39 Å². The highest BCUT2D eigenvalue weighted by molar-refractivity contribution is 5.99. The number of methoxy groups -OCH3 is 1. The SMILES string of the molecule is CNC(=O)C1c2cc(-c3cc(C(=O)NC4(c5ccccn5)CC4)c(OCCc4ccc(OC)cc4)cc3C)ccc2OC1c1ccc(F)cc1. The lowest BCUT2D eigenvalue weighted by molar-refractivity contribution is -0.123. The van der Waals surface area contributed by atoms with Gasteiger partial charge in [0.25, 0.3) is 5.91 Å². The van der Waals surface area contributed by atoms with Gasteiger partial charge in [0.15, 0.2) is 0 Å². The van der Waals surface area contributed by atoms with Gasteiger partial charge >= 0.3 is 0 Å². The Bertz CT molecular complexity index is 2030. The molecule has 4 aromatic carbocycles. The molecule has 1 saturated carbocycles. The van der Waals surface area contributed by atoms with E-state index in [0.29, 0.717) is 41.2 Å². The quantitative estimate of drug-likeness (QED) is 0.154. The number of ether oxygens (including phenoxy) is 3. The number of carbonyl (C=O) groups excluding carboxylic acids is 2. The van der Waals surface area contributed by atoms with Gasteiger partial charge in [0.1, 0.15) is 35.1 Å². The number of hydrogen-bond acceptors (Lipinski definition) is 6. The minimum atomic E-state index is -0.655. The first-order valence-electron chi connectivity index (χ1n) is 16.7. The van der Waals surface area contributed by atoms with Crippen molar-refractivity contribution in [3.05, 3.63) is 143 Å². The summed E-state index contributed by atoms with van der Waals surface area (Å²) in [7, 11) is 3.23.